The van der Waals surface area contributed by atoms with Crippen LogP contribution in [0.1, 0.15) is 28.8 Å². The molecule has 0 aliphatic carbocycles. The molecule has 1 aliphatic heterocycles. The Balaban J connectivity index is 1.70. The first kappa shape index (κ1) is 13.8. The highest BCUT2D eigenvalue weighted by atomic mass is 32.1. The van der Waals surface area contributed by atoms with E-state index in [2.05, 4.69) is 58.9 Å². The zero-order chi connectivity index (χ0) is 13.8. The molecular weight excluding hydrogens is 264 g/mol. The lowest BCUT2D eigenvalue weighted by atomic mass is 9.90. The van der Waals surface area contributed by atoms with Crippen LogP contribution in [0.2, 0.25) is 0 Å². The van der Waals surface area contributed by atoms with E-state index in [0.29, 0.717) is 5.92 Å². The molecule has 0 saturated heterocycles. The first-order valence-electron chi connectivity index (χ1n) is 7.40. The predicted molar refractivity (Wildman–Crippen MR) is 86.2 cm³/mol. The third-order valence-corrected chi connectivity index (χ3v) is 4.95. The maximum atomic E-state index is 3.56. The number of rotatable bonds is 5. The highest BCUT2D eigenvalue weighted by Gasteiger charge is 2.21. The lowest BCUT2D eigenvalue weighted by Gasteiger charge is -2.31. The Labute approximate surface area is 125 Å². The maximum Gasteiger partial charge on any atom is 0.0328 e. The Bertz CT molecular complexity index is 536. The quantitative estimate of drug-likeness (QED) is 0.905. The number of hydrogen-bond acceptors (Lipinski definition) is 3. The second-order valence-electron chi connectivity index (χ2n) is 5.43. The van der Waals surface area contributed by atoms with E-state index in [1.165, 1.54) is 16.0 Å². The van der Waals surface area contributed by atoms with Gasteiger partial charge in [-0.1, -0.05) is 37.3 Å². The average molecular weight is 286 g/mol. The van der Waals surface area contributed by atoms with Crippen molar-refractivity contribution in [3.63, 3.8) is 0 Å². The summed E-state index contributed by atoms with van der Waals surface area (Å²) in [6.07, 6.45) is 0. The van der Waals surface area contributed by atoms with E-state index in [9.17, 15) is 0 Å². The fraction of sp³-hybridized carbons (Fsp3) is 0.412. The summed E-state index contributed by atoms with van der Waals surface area (Å²) in [5, 5.41) is 5.72. The zero-order valence-electron chi connectivity index (χ0n) is 12.0. The van der Waals surface area contributed by atoms with Gasteiger partial charge >= 0.3 is 0 Å². The predicted octanol–water partition coefficient (Wildman–Crippen LogP) is 3.46. The minimum atomic E-state index is 0.611. The van der Waals surface area contributed by atoms with Crippen molar-refractivity contribution < 1.29 is 0 Å². The minimum absolute atomic E-state index is 0.611. The van der Waals surface area contributed by atoms with E-state index in [1.807, 2.05) is 11.3 Å². The Kier molecular flexibility index (Phi) is 4.51. The van der Waals surface area contributed by atoms with Crippen LogP contribution in [-0.2, 0) is 13.1 Å². The number of thiophene rings is 1. The number of nitrogens with one attached hydrogen (secondary N) is 1. The molecule has 3 rings (SSSR count). The monoisotopic (exact) mass is 286 g/mol. The van der Waals surface area contributed by atoms with Crippen molar-refractivity contribution in [3.05, 3.63) is 57.8 Å². The minimum Gasteiger partial charge on any atom is -0.312 e. The van der Waals surface area contributed by atoms with Gasteiger partial charge in [-0.3, -0.25) is 4.90 Å². The Hall–Kier alpha value is -1.16. The van der Waals surface area contributed by atoms with E-state index < -0.39 is 0 Å². The molecule has 1 aromatic carbocycles. The Morgan fingerprint density at radius 3 is 2.95 bits per heavy atom. The molecule has 0 amide bonds. The van der Waals surface area contributed by atoms with Gasteiger partial charge in [0.1, 0.15) is 0 Å². The molecular formula is C17H22N2S. The van der Waals surface area contributed by atoms with Crippen LogP contribution in [0.25, 0.3) is 0 Å². The fourth-order valence-electron chi connectivity index (χ4n) is 2.99. The SMILES string of the molecule is CCN(Cc1cccs1)CC1CNCc2ccccc21. The van der Waals surface area contributed by atoms with E-state index >= 15 is 0 Å². The summed E-state index contributed by atoms with van der Waals surface area (Å²) in [6, 6.07) is 13.3. The molecule has 1 N–H and O–H groups in total. The van der Waals surface area contributed by atoms with Gasteiger partial charge in [-0.25, -0.2) is 0 Å². The van der Waals surface area contributed by atoms with Crippen molar-refractivity contribution in [1.82, 2.24) is 10.2 Å². The zero-order valence-corrected chi connectivity index (χ0v) is 12.8. The molecule has 2 nitrogen and oxygen atoms in total. The van der Waals surface area contributed by atoms with Gasteiger partial charge in [0.15, 0.2) is 0 Å². The van der Waals surface area contributed by atoms with Gasteiger partial charge in [0.25, 0.3) is 0 Å². The number of hydrogen-bond donors (Lipinski definition) is 1. The summed E-state index contributed by atoms with van der Waals surface area (Å²) in [6.45, 7) is 7.69. The van der Waals surface area contributed by atoms with Crippen LogP contribution >= 0.6 is 11.3 Å². The van der Waals surface area contributed by atoms with Crippen molar-refractivity contribution in [2.75, 3.05) is 19.6 Å². The summed E-state index contributed by atoms with van der Waals surface area (Å²) in [7, 11) is 0. The largest absolute Gasteiger partial charge is 0.312 e. The van der Waals surface area contributed by atoms with Crippen LogP contribution in [-0.4, -0.2) is 24.5 Å². The lowest BCUT2D eigenvalue weighted by Crippen LogP contribution is -2.36. The molecule has 1 aliphatic rings. The molecule has 106 valence electrons. The van der Waals surface area contributed by atoms with E-state index in [-0.39, 0.29) is 0 Å². The van der Waals surface area contributed by atoms with E-state index in [0.717, 1.165) is 32.7 Å². The molecule has 1 unspecified atom stereocenters. The highest BCUT2D eigenvalue weighted by Crippen LogP contribution is 2.25. The van der Waals surface area contributed by atoms with E-state index in [1.54, 1.807) is 0 Å². The van der Waals surface area contributed by atoms with Crippen LogP contribution in [0, 0.1) is 0 Å². The summed E-state index contributed by atoms with van der Waals surface area (Å²) in [5.74, 6) is 0.611. The van der Waals surface area contributed by atoms with Crippen LogP contribution in [0.15, 0.2) is 41.8 Å². The molecule has 2 heterocycles. The number of benzene rings is 1. The van der Waals surface area contributed by atoms with Crippen LogP contribution < -0.4 is 5.32 Å². The first-order chi connectivity index (χ1) is 9.86. The van der Waals surface area contributed by atoms with Crippen molar-refractivity contribution in [2.45, 2.75) is 25.9 Å². The molecule has 20 heavy (non-hydrogen) atoms. The van der Waals surface area contributed by atoms with E-state index in [4.69, 9.17) is 0 Å². The molecule has 2 aromatic rings. The molecule has 0 saturated carbocycles. The van der Waals surface area contributed by atoms with Crippen molar-refractivity contribution in [2.24, 2.45) is 0 Å². The summed E-state index contributed by atoms with van der Waals surface area (Å²) in [5.41, 5.74) is 3.01. The Morgan fingerprint density at radius 1 is 1.25 bits per heavy atom. The summed E-state index contributed by atoms with van der Waals surface area (Å²) in [4.78, 5) is 4.02. The van der Waals surface area contributed by atoms with Crippen molar-refractivity contribution in [3.8, 4) is 0 Å². The van der Waals surface area contributed by atoms with Gasteiger partial charge in [-0.05, 0) is 29.1 Å². The molecule has 0 spiro atoms. The van der Waals surface area contributed by atoms with Crippen molar-refractivity contribution >= 4 is 11.3 Å². The summed E-state index contributed by atoms with van der Waals surface area (Å²) < 4.78 is 0. The highest BCUT2D eigenvalue weighted by molar-refractivity contribution is 7.09. The molecule has 0 radical (unpaired) electrons. The second kappa shape index (κ2) is 6.53. The molecule has 1 atom stereocenters. The standard InChI is InChI=1S/C17H22N2S/c1-2-19(13-16-7-5-9-20-16)12-15-11-18-10-14-6-3-4-8-17(14)15/h3-9,15,18H,2,10-13H2,1H3. The van der Waals surface area contributed by atoms with Gasteiger partial charge in [0.05, 0.1) is 0 Å². The first-order valence-corrected chi connectivity index (χ1v) is 8.28. The Morgan fingerprint density at radius 2 is 2.15 bits per heavy atom. The summed E-state index contributed by atoms with van der Waals surface area (Å²) >= 11 is 1.86. The van der Waals surface area contributed by atoms with Crippen LogP contribution in [0.5, 0.6) is 0 Å². The third kappa shape index (κ3) is 3.11. The molecule has 3 heteroatoms. The maximum absolute atomic E-state index is 3.56. The van der Waals surface area contributed by atoms with Crippen LogP contribution in [0.3, 0.4) is 0 Å². The molecule has 0 bridgehead atoms. The van der Waals surface area contributed by atoms with Crippen LogP contribution in [0.4, 0.5) is 0 Å². The van der Waals surface area contributed by atoms with Gasteiger partial charge in [0, 0.05) is 37.0 Å². The third-order valence-electron chi connectivity index (χ3n) is 4.09. The number of likely N-dealkylation sites (N-methyl/N-ethyl adjacent to an activating group) is 1. The number of fused-ring (bicyclic) bond motifs is 1. The van der Waals surface area contributed by atoms with Gasteiger partial charge < -0.3 is 5.32 Å². The lowest BCUT2D eigenvalue weighted by molar-refractivity contribution is 0.256. The smallest absolute Gasteiger partial charge is 0.0328 e. The fourth-order valence-corrected chi connectivity index (χ4v) is 3.73. The van der Waals surface area contributed by atoms with Gasteiger partial charge in [0.2, 0.25) is 0 Å². The van der Waals surface area contributed by atoms with Crippen molar-refractivity contribution in [1.29, 1.82) is 0 Å². The topological polar surface area (TPSA) is 15.3 Å². The molecule has 0 fully saturated rings. The molecule has 1 aromatic heterocycles. The average Bonchev–Trinajstić information content (AvgIpc) is 3.00. The number of nitrogens with zero attached hydrogens (tertiary/aromatic N) is 1. The normalized spacial score (nSPS) is 18.2. The second-order valence-corrected chi connectivity index (χ2v) is 6.47. The van der Waals surface area contributed by atoms with Gasteiger partial charge in [-0.15, -0.1) is 11.3 Å². The van der Waals surface area contributed by atoms with Gasteiger partial charge in [-0.2, -0.15) is 0 Å².